The lowest BCUT2D eigenvalue weighted by molar-refractivity contribution is -0.137. The predicted molar refractivity (Wildman–Crippen MR) is 180 cm³/mol. The van der Waals surface area contributed by atoms with E-state index >= 15 is 0 Å². The molecular weight excluding hydrogens is 703 g/mol. The highest BCUT2D eigenvalue weighted by Gasteiger charge is 2.43. The number of benzene rings is 2. The van der Waals surface area contributed by atoms with Crippen LogP contribution in [0.2, 0.25) is 0 Å². The molecule has 270 valence electrons. The SMILES string of the molecule is CC1(C)CC(CS(=O)(=O)O)c2cc3c(cc2N1CCCS(=O)(=O)O)Oc1cc2c(cc1=N3)C(CS(=O)(=O)O)CC(C)(C)[N+]=2CCCC(=O)O. The summed E-state index contributed by atoms with van der Waals surface area (Å²) >= 11 is 0. The molecule has 0 radical (unpaired) electrons. The molecule has 0 saturated heterocycles. The van der Waals surface area contributed by atoms with E-state index in [0.29, 0.717) is 70.5 Å². The molecule has 3 aliphatic heterocycles. The molecule has 15 nitrogen and oxygen atoms in total. The summed E-state index contributed by atoms with van der Waals surface area (Å²) in [5.74, 6) is -3.12. The van der Waals surface area contributed by atoms with Gasteiger partial charge in [-0.3, -0.25) is 18.5 Å². The fourth-order valence-corrected chi connectivity index (χ4v) is 9.71. The predicted octanol–water partition coefficient (Wildman–Crippen LogP) is 2.49. The number of carboxylic acid groups (broad SMARTS) is 1. The van der Waals surface area contributed by atoms with Gasteiger partial charge in [-0.1, -0.05) is 0 Å². The Hall–Kier alpha value is -3.16. The summed E-state index contributed by atoms with van der Waals surface area (Å²) in [5.41, 5.74) is 0.740. The van der Waals surface area contributed by atoms with Crippen molar-refractivity contribution in [3.63, 3.8) is 0 Å². The minimum atomic E-state index is -4.40. The van der Waals surface area contributed by atoms with E-state index < -0.39 is 76.5 Å². The molecule has 0 aliphatic carbocycles. The first-order valence-corrected chi connectivity index (χ1v) is 20.6. The van der Waals surface area contributed by atoms with Crippen molar-refractivity contribution in [2.75, 3.05) is 35.2 Å². The van der Waals surface area contributed by atoms with Crippen LogP contribution in [0.25, 0.3) is 0 Å². The van der Waals surface area contributed by atoms with Crippen LogP contribution in [0.1, 0.15) is 82.8 Å². The summed E-state index contributed by atoms with van der Waals surface area (Å²) in [4.78, 5) is 18.0. The second-order valence-electron chi connectivity index (χ2n) is 14.3. The molecule has 2 aromatic carbocycles. The van der Waals surface area contributed by atoms with Crippen LogP contribution in [0.5, 0.6) is 11.5 Å². The van der Waals surface area contributed by atoms with Crippen LogP contribution in [0.15, 0.2) is 29.3 Å². The van der Waals surface area contributed by atoms with Gasteiger partial charge in [0.25, 0.3) is 30.4 Å². The number of anilines is 1. The molecule has 0 spiro atoms. The molecule has 18 heteroatoms. The van der Waals surface area contributed by atoms with Crippen molar-refractivity contribution in [2.45, 2.75) is 82.7 Å². The maximum atomic E-state index is 12.1. The molecule has 5 rings (SSSR count). The van der Waals surface area contributed by atoms with E-state index in [-0.39, 0.29) is 19.4 Å². The Morgan fingerprint density at radius 3 is 2.10 bits per heavy atom. The highest BCUT2D eigenvalue weighted by molar-refractivity contribution is 7.86. The lowest BCUT2D eigenvalue weighted by atomic mass is 9.79. The van der Waals surface area contributed by atoms with Crippen LogP contribution in [-0.4, -0.2) is 91.4 Å². The van der Waals surface area contributed by atoms with Gasteiger partial charge < -0.3 is 14.7 Å². The van der Waals surface area contributed by atoms with E-state index in [0.717, 1.165) is 0 Å². The zero-order chi connectivity index (χ0) is 36.3. The number of fused-ring (bicyclic) bond motifs is 4. The van der Waals surface area contributed by atoms with Crippen LogP contribution < -0.4 is 24.9 Å². The Morgan fingerprint density at radius 2 is 1.51 bits per heavy atom. The highest BCUT2D eigenvalue weighted by Crippen LogP contribution is 2.49. The molecule has 49 heavy (non-hydrogen) atoms. The van der Waals surface area contributed by atoms with Crippen molar-refractivity contribution in [3.8, 4) is 11.5 Å². The van der Waals surface area contributed by atoms with E-state index in [2.05, 4.69) is 0 Å². The van der Waals surface area contributed by atoms with Crippen molar-refractivity contribution >= 4 is 47.7 Å². The molecule has 0 bridgehead atoms. The molecular formula is C31H42N3O12S3+. The molecule has 0 saturated carbocycles. The number of hydrogen-bond donors (Lipinski definition) is 4. The first kappa shape index (κ1) is 37.1. The molecule has 2 aromatic rings. The topological polar surface area (TPSA) is 228 Å². The number of rotatable bonds is 12. The van der Waals surface area contributed by atoms with Gasteiger partial charge in [-0.15, -0.1) is 0 Å². The largest absolute Gasteiger partial charge is 0.481 e. The summed E-state index contributed by atoms with van der Waals surface area (Å²) in [7, 11) is -13.0. The minimum absolute atomic E-state index is 0.0682. The molecule has 2 unspecified atom stereocenters. The maximum absolute atomic E-state index is 12.1. The molecule has 3 aliphatic rings. The van der Waals surface area contributed by atoms with Crippen LogP contribution in [-0.2, 0) is 35.1 Å². The lowest BCUT2D eigenvalue weighted by Crippen LogP contribution is -2.54. The summed E-state index contributed by atoms with van der Waals surface area (Å²) in [6.07, 6.45) is 0.977. The van der Waals surface area contributed by atoms with Gasteiger partial charge in [-0.05, 0) is 58.2 Å². The summed E-state index contributed by atoms with van der Waals surface area (Å²) in [5, 5.41) is 10.2. The van der Waals surface area contributed by atoms with Gasteiger partial charge in [-0.25, -0.2) is 9.57 Å². The number of carbonyl (C=O) groups is 1. The molecule has 0 amide bonds. The second kappa shape index (κ2) is 12.9. The Balaban J connectivity index is 1.68. The van der Waals surface area contributed by atoms with Crippen LogP contribution >= 0.6 is 0 Å². The molecule has 4 N–H and O–H groups in total. The molecule has 2 atom stereocenters. The van der Waals surface area contributed by atoms with Gasteiger partial charge in [0.05, 0.1) is 29.7 Å². The van der Waals surface area contributed by atoms with Gasteiger partial charge in [0.2, 0.25) is 5.36 Å². The summed E-state index contributed by atoms with van der Waals surface area (Å²) < 4.78 is 109. The highest BCUT2D eigenvalue weighted by atomic mass is 32.2. The first-order chi connectivity index (χ1) is 22.4. The minimum Gasteiger partial charge on any atom is -0.481 e. The third kappa shape index (κ3) is 8.60. The van der Waals surface area contributed by atoms with E-state index in [1.165, 1.54) is 0 Å². The van der Waals surface area contributed by atoms with Gasteiger partial charge in [0, 0.05) is 54.1 Å². The third-order valence-corrected chi connectivity index (χ3v) is 11.9. The third-order valence-electron chi connectivity index (χ3n) is 9.47. The van der Waals surface area contributed by atoms with E-state index in [9.17, 15) is 48.8 Å². The Kier molecular flexibility index (Phi) is 9.74. The standard InChI is InChI=1S/C31H41N3O12S3/c1-30(2)15-19(17-48(40,41)42)21-11-23-27(13-25(21)33(30)8-5-7-29(35)36)46-28-14-26-22(12-24(28)32-23)20(18-49(43,44)45)16-31(3,4)34(26)9-6-10-47(37,38)39/h11-14,19-20H,5-10,15-18H2,1-4H3,(H3-,35,36,37,38,39,40,41,42,43,44,45)/p+1. The zero-order valence-electron chi connectivity index (χ0n) is 27.7. The Morgan fingerprint density at radius 1 is 0.878 bits per heavy atom. The van der Waals surface area contributed by atoms with Crippen molar-refractivity contribution in [3.05, 3.63) is 46.1 Å². The smallest absolute Gasteiger partial charge is 0.303 e. The second-order valence-corrected chi connectivity index (χ2v) is 18.9. The van der Waals surface area contributed by atoms with Crippen molar-refractivity contribution in [1.29, 1.82) is 0 Å². The summed E-state index contributed by atoms with van der Waals surface area (Å²) in [6, 6.07) is 6.79. The van der Waals surface area contributed by atoms with E-state index in [1.807, 2.05) is 37.2 Å². The number of carboxylic acids is 1. The fourth-order valence-electron chi connectivity index (χ4n) is 7.60. The number of aliphatic carboxylic acids is 1. The monoisotopic (exact) mass is 744 g/mol. The van der Waals surface area contributed by atoms with Crippen molar-refractivity contribution in [1.82, 2.24) is 4.58 Å². The fraction of sp³-hybridized carbons (Fsp3) is 0.581. The molecule has 0 fully saturated rings. The van der Waals surface area contributed by atoms with Crippen molar-refractivity contribution < 1.29 is 53.5 Å². The van der Waals surface area contributed by atoms with Gasteiger partial charge in [-0.2, -0.15) is 25.3 Å². The van der Waals surface area contributed by atoms with Gasteiger partial charge in [0.15, 0.2) is 17.0 Å². The maximum Gasteiger partial charge on any atom is 0.303 e. The quantitative estimate of drug-likeness (QED) is 0.155. The van der Waals surface area contributed by atoms with Crippen LogP contribution in [0, 0.1) is 0 Å². The van der Waals surface area contributed by atoms with Gasteiger partial charge in [0.1, 0.15) is 17.6 Å². The normalized spacial score (nSPS) is 21.0. The lowest BCUT2D eigenvalue weighted by Gasteiger charge is -2.48. The Labute approximate surface area is 285 Å². The molecule has 0 aromatic heterocycles. The first-order valence-electron chi connectivity index (χ1n) is 15.8. The average molecular weight is 745 g/mol. The van der Waals surface area contributed by atoms with Crippen LogP contribution in [0.3, 0.4) is 0 Å². The van der Waals surface area contributed by atoms with Gasteiger partial charge >= 0.3 is 5.97 Å². The number of hydrogen-bond acceptors (Lipinski definition) is 10. The van der Waals surface area contributed by atoms with E-state index in [4.69, 9.17) is 9.73 Å². The van der Waals surface area contributed by atoms with Crippen LogP contribution in [0.4, 0.5) is 11.4 Å². The number of ether oxygens (including phenoxy) is 1. The number of nitrogens with zero attached hydrogens (tertiary/aromatic N) is 3. The Bertz CT molecular complexity index is 2150. The summed E-state index contributed by atoms with van der Waals surface area (Å²) in [6.45, 7) is 8.14. The van der Waals surface area contributed by atoms with Crippen molar-refractivity contribution in [2.24, 2.45) is 4.99 Å². The van der Waals surface area contributed by atoms with E-state index in [1.54, 1.807) is 24.3 Å². The molecule has 3 heterocycles. The average Bonchev–Trinajstić information content (AvgIpc) is 2.91. The zero-order valence-corrected chi connectivity index (χ0v) is 30.1.